The van der Waals surface area contributed by atoms with E-state index in [1.807, 2.05) is 4.90 Å². The second-order valence-corrected chi connectivity index (χ2v) is 6.88. The summed E-state index contributed by atoms with van der Waals surface area (Å²) in [6.07, 6.45) is 2.20. The average molecular weight is 357 g/mol. The van der Waals surface area contributed by atoms with Gasteiger partial charge in [0.25, 0.3) is 0 Å². The van der Waals surface area contributed by atoms with Crippen molar-refractivity contribution < 1.29 is 14.7 Å². The van der Waals surface area contributed by atoms with Crippen LogP contribution in [0.3, 0.4) is 0 Å². The highest BCUT2D eigenvalue weighted by Crippen LogP contribution is 2.31. The number of halogens is 2. The Balaban J connectivity index is 1.73. The SMILES string of the molecule is O=C(O)C1CCCN(C2CCN(c3ccc(Cl)c(Cl)c3)C2=O)C1. The molecule has 2 unspecified atom stereocenters. The number of hydrogen-bond acceptors (Lipinski definition) is 3. The molecule has 23 heavy (non-hydrogen) atoms. The minimum atomic E-state index is -0.776. The Labute approximate surface area is 144 Å². The van der Waals surface area contributed by atoms with Gasteiger partial charge in [0.05, 0.1) is 22.0 Å². The van der Waals surface area contributed by atoms with E-state index in [0.29, 0.717) is 36.0 Å². The maximum Gasteiger partial charge on any atom is 0.307 e. The van der Waals surface area contributed by atoms with Crippen LogP contribution >= 0.6 is 23.2 Å². The molecule has 1 aromatic carbocycles. The summed E-state index contributed by atoms with van der Waals surface area (Å²) >= 11 is 12.0. The number of anilines is 1. The van der Waals surface area contributed by atoms with Gasteiger partial charge in [-0.3, -0.25) is 14.5 Å². The van der Waals surface area contributed by atoms with Crippen molar-refractivity contribution in [1.29, 1.82) is 0 Å². The first-order valence-electron chi connectivity index (χ1n) is 7.70. The topological polar surface area (TPSA) is 60.9 Å². The normalized spacial score (nSPS) is 25.8. The van der Waals surface area contributed by atoms with Gasteiger partial charge >= 0.3 is 5.97 Å². The molecule has 5 nitrogen and oxygen atoms in total. The van der Waals surface area contributed by atoms with Gasteiger partial charge in [0.15, 0.2) is 0 Å². The Hall–Kier alpha value is -1.30. The first-order valence-corrected chi connectivity index (χ1v) is 8.46. The Morgan fingerprint density at radius 1 is 1.17 bits per heavy atom. The van der Waals surface area contributed by atoms with Crippen molar-refractivity contribution in [3.8, 4) is 0 Å². The number of hydrogen-bond donors (Lipinski definition) is 1. The largest absolute Gasteiger partial charge is 0.481 e. The number of amides is 1. The van der Waals surface area contributed by atoms with Crippen LogP contribution in [0.4, 0.5) is 5.69 Å². The highest BCUT2D eigenvalue weighted by Gasteiger charge is 2.39. The van der Waals surface area contributed by atoms with Crippen molar-refractivity contribution in [2.24, 2.45) is 5.92 Å². The lowest BCUT2D eigenvalue weighted by Crippen LogP contribution is -2.48. The molecule has 0 spiro atoms. The third-order valence-corrected chi connectivity index (χ3v) is 5.37. The van der Waals surface area contributed by atoms with Crippen LogP contribution < -0.4 is 4.90 Å². The third kappa shape index (κ3) is 3.32. The second kappa shape index (κ2) is 6.67. The van der Waals surface area contributed by atoms with Crippen molar-refractivity contribution in [3.05, 3.63) is 28.2 Å². The summed E-state index contributed by atoms with van der Waals surface area (Å²) < 4.78 is 0. The monoisotopic (exact) mass is 356 g/mol. The summed E-state index contributed by atoms with van der Waals surface area (Å²) in [5.74, 6) is -1.15. The van der Waals surface area contributed by atoms with Gasteiger partial charge < -0.3 is 10.0 Å². The molecule has 3 rings (SSSR count). The molecule has 124 valence electrons. The number of carboxylic acid groups (broad SMARTS) is 1. The van der Waals surface area contributed by atoms with Crippen molar-refractivity contribution in [2.45, 2.75) is 25.3 Å². The predicted molar refractivity (Wildman–Crippen MR) is 89.2 cm³/mol. The summed E-state index contributed by atoms with van der Waals surface area (Å²) in [6, 6.07) is 4.92. The Morgan fingerprint density at radius 2 is 1.96 bits per heavy atom. The number of likely N-dealkylation sites (tertiary alicyclic amines) is 1. The first-order chi connectivity index (χ1) is 11.0. The smallest absolute Gasteiger partial charge is 0.307 e. The minimum Gasteiger partial charge on any atom is -0.481 e. The van der Waals surface area contributed by atoms with Gasteiger partial charge in [-0.15, -0.1) is 0 Å². The van der Waals surface area contributed by atoms with E-state index in [9.17, 15) is 14.7 Å². The van der Waals surface area contributed by atoms with Crippen molar-refractivity contribution in [3.63, 3.8) is 0 Å². The molecule has 1 amide bonds. The number of carbonyl (C=O) groups is 2. The Kier molecular flexibility index (Phi) is 4.80. The molecular formula is C16H18Cl2N2O3. The van der Waals surface area contributed by atoms with Crippen LogP contribution in [-0.4, -0.2) is 47.6 Å². The number of aliphatic carboxylic acids is 1. The van der Waals surface area contributed by atoms with Crippen LogP contribution in [0.5, 0.6) is 0 Å². The summed E-state index contributed by atoms with van der Waals surface area (Å²) in [5, 5.41) is 10.1. The van der Waals surface area contributed by atoms with Gasteiger partial charge in [-0.1, -0.05) is 23.2 Å². The molecule has 2 fully saturated rings. The quantitative estimate of drug-likeness (QED) is 0.904. The van der Waals surface area contributed by atoms with Gasteiger partial charge in [0.1, 0.15) is 0 Å². The summed E-state index contributed by atoms with van der Waals surface area (Å²) in [6.45, 7) is 1.83. The fourth-order valence-electron chi connectivity index (χ4n) is 3.40. The molecule has 2 aliphatic heterocycles. The van der Waals surface area contributed by atoms with E-state index < -0.39 is 5.97 Å². The highest BCUT2D eigenvalue weighted by atomic mass is 35.5. The molecule has 0 aromatic heterocycles. The third-order valence-electron chi connectivity index (χ3n) is 4.63. The van der Waals surface area contributed by atoms with E-state index in [2.05, 4.69) is 0 Å². The molecule has 1 aromatic rings. The molecule has 0 bridgehead atoms. The highest BCUT2D eigenvalue weighted by molar-refractivity contribution is 6.42. The van der Waals surface area contributed by atoms with Crippen molar-refractivity contribution in [1.82, 2.24) is 4.90 Å². The van der Waals surface area contributed by atoms with E-state index in [1.54, 1.807) is 23.1 Å². The zero-order valence-corrected chi connectivity index (χ0v) is 14.1. The fourth-order valence-corrected chi connectivity index (χ4v) is 3.70. The van der Waals surface area contributed by atoms with Gasteiger partial charge in [-0.25, -0.2) is 0 Å². The standard InChI is InChI=1S/C16H18Cl2N2O3/c17-12-4-3-11(8-13(12)18)20-7-5-14(15(20)21)19-6-1-2-10(9-19)16(22)23/h3-4,8,10,14H,1-2,5-7,9H2,(H,22,23). The molecule has 2 aliphatic rings. The number of piperidine rings is 1. The van der Waals surface area contributed by atoms with E-state index in [0.717, 1.165) is 18.7 Å². The van der Waals surface area contributed by atoms with Gasteiger partial charge in [-0.05, 0) is 44.0 Å². The Morgan fingerprint density at radius 3 is 2.65 bits per heavy atom. The number of carboxylic acids is 1. The molecule has 2 saturated heterocycles. The lowest BCUT2D eigenvalue weighted by Gasteiger charge is -2.34. The molecule has 0 radical (unpaired) electrons. The molecule has 0 saturated carbocycles. The minimum absolute atomic E-state index is 0.00873. The van der Waals surface area contributed by atoms with Crippen LogP contribution in [0.15, 0.2) is 18.2 Å². The van der Waals surface area contributed by atoms with Crippen molar-refractivity contribution in [2.75, 3.05) is 24.5 Å². The molecule has 0 aliphatic carbocycles. The van der Waals surface area contributed by atoms with Gasteiger partial charge in [0.2, 0.25) is 5.91 Å². The predicted octanol–water partition coefficient (Wildman–Crippen LogP) is 2.90. The average Bonchev–Trinajstić information content (AvgIpc) is 2.92. The molecule has 2 atom stereocenters. The molecular weight excluding hydrogens is 339 g/mol. The van der Waals surface area contributed by atoms with Crippen LogP contribution in [0.2, 0.25) is 10.0 Å². The first kappa shape index (κ1) is 16.6. The van der Waals surface area contributed by atoms with Crippen LogP contribution in [0, 0.1) is 5.92 Å². The van der Waals surface area contributed by atoms with E-state index in [4.69, 9.17) is 23.2 Å². The lowest BCUT2D eigenvalue weighted by atomic mass is 9.96. The zero-order chi connectivity index (χ0) is 16.6. The maximum absolute atomic E-state index is 12.7. The van der Waals surface area contributed by atoms with Gasteiger partial charge in [-0.2, -0.15) is 0 Å². The fraction of sp³-hybridized carbons (Fsp3) is 0.500. The molecule has 7 heteroatoms. The number of rotatable bonds is 3. The summed E-state index contributed by atoms with van der Waals surface area (Å²) in [7, 11) is 0. The number of benzene rings is 1. The van der Waals surface area contributed by atoms with E-state index in [-0.39, 0.29) is 17.9 Å². The number of nitrogens with zero attached hydrogens (tertiary/aromatic N) is 2. The van der Waals surface area contributed by atoms with Gasteiger partial charge in [0, 0.05) is 18.8 Å². The number of carbonyl (C=O) groups excluding carboxylic acids is 1. The summed E-state index contributed by atoms with van der Waals surface area (Å²) in [5.41, 5.74) is 0.735. The second-order valence-electron chi connectivity index (χ2n) is 6.07. The van der Waals surface area contributed by atoms with E-state index >= 15 is 0 Å². The zero-order valence-electron chi connectivity index (χ0n) is 12.5. The molecule has 1 N–H and O–H groups in total. The summed E-state index contributed by atoms with van der Waals surface area (Å²) in [4.78, 5) is 27.7. The van der Waals surface area contributed by atoms with Crippen molar-refractivity contribution >= 4 is 40.8 Å². The molecule has 2 heterocycles. The maximum atomic E-state index is 12.7. The lowest BCUT2D eigenvalue weighted by molar-refractivity contribution is -0.144. The van der Waals surface area contributed by atoms with Crippen LogP contribution in [-0.2, 0) is 9.59 Å². The van der Waals surface area contributed by atoms with Crippen LogP contribution in [0.25, 0.3) is 0 Å². The Bertz CT molecular complexity index is 638. The van der Waals surface area contributed by atoms with E-state index in [1.165, 1.54) is 0 Å². The van der Waals surface area contributed by atoms with Crippen LogP contribution in [0.1, 0.15) is 19.3 Å².